The maximum atomic E-state index is 12.3. The molecule has 0 unspecified atom stereocenters. The first-order valence-corrected chi connectivity index (χ1v) is 8.53. The van der Waals surface area contributed by atoms with Gasteiger partial charge in [0.25, 0.3) is 5.91 Å². The van der Waals surface area contributed by atoms with Gasteiger partial charge >= 0.3 is 0 Å². The molecule has 1 aliphatic heterocycles. The second-order valence-electron chi connectivity index (χ2n) is 6.61. The van der Waals surface area contributed by atoms with Gasteiger partial charge in [0.15, 0.2) is 0 Å². The SMILES string of the molecule is CC(C)C(=O)Nc1ccc(C(=O)NCc2ccc3c(c2)CNC3)cc1. The van der Waals surface area contributed by atoms with Crippen molar-refractivity contribution in [3.05, 3.63) is 64.7 Å². The lowest BCUT2D eigenvalue weighted by molar-refractivity contribution is -0.118. The van der Waals surface area contributed by atoms with Gasteiger partial charge in [0.1, 0.15) is 0 Å². The molecule has 1 heterocycles. The number of fused-ring (bicyclic) bond motifs is 1. The fourth-order valence-corrected chi connectivity index (χ4v) is 2.73. The van der Waals surface area contributed by atoms with E-state index in [1.165, 1.54) is 11.1 Å². The number of anilines is 1. The number of hydrogen-bond donors (Lipinski definition) is 3. The summed E-state index contributed by atoms with van der Waals surface area (Å²) in [5.41, 5.74) is 4.99. The lowest BCUT2D eigenvalue weighted by atomic mass is 10.1. The van der Waals surface area contributed by atoms with E-state index < -0.39 is 0 Å². The average Bonchev–Trinajstić information content (AvgIpc) is 3.08. The van der Waals surface area contributed by atoms with Crippen LogP contribution >= 0.6 is 0 Å². The first kappa shape index (κ1) is 17.2. The third kappa shape index (κ3) is 4.25. The maximum Gasteiger partial charge on any atom is 0.251 e. The van der Waals surface area contributed by atoms with E-state index in [9.17, 15) is 9.59 Å². The van der Waals surface area contributed by atoms with Crippen LogP contribution in [0.1, 0.15) is 40.9 Å². The summed E-state index contributed by atoms with van der Waals surface area (Å²) in [6.07, 6.45) is 0. The summed E-state index contributed by atoms with van der Waals surface area (Å²) < 4.78 is 0. The van der Waals surface area contributed by atoms with Crippen molar-refractivity contribution in [2.24, 2.45) is 5.92 Å². The molecule has 2 aromatic rings. The Hall–Kier alpha value is -2.66. The van der Waals surface area contributed by atoms with E-state index in [0.717, 1.165) is 18.7 Å². The van der Waals surface area contributed by atoms with Crippen molar-refractivity contribution in [2.45, 2.75) is 33.5 Å². The van der Waals surface area contributed by atoms with Crippen LogP contribution in [0.25, 0.3) is 0 Å². The van der Waals surface area contributed by atoms with Crippen molar-refractivity contribution in [2.75, 3.05) is 5.32 Å². The molecule has 5 nitrogen and oxygen atoms in total. The Kier molecular flexibility index (Phi) is 5.14. The Labute approximate surface area is 147 Å². The monoisotopic (exact) mass is 337 g/mol. The zero-order valence-corrected chi connectivity index (χ0v) is 14.6. The first-order chi connectivity index (χ1) is 12.0. The number of carbonyl (C=O) groups is 2. The van der Waals surface area contributed by atoms with Gasteiger partial charge in [-0.1, -0.05) is 32.0 Å². The lowest BCUT2D eigenvalue weighted by Crippen LogP contribution is -2.23. The molecule has 25 heavy (non-hydrogen) atoms. The van der Waals surface area contributed by atoms with E-state index in [1.807, 2.05) is 13.8 Å². The van der Waals surface area contributed by atoms with E-state index in [0.29, 0.717) is 17.8 Å². The van der Waals surface area contributed by atoms with Crippen LogP contribution in [0.2, 0.25) is 0 Å². The average molecular weight is 337 g/mol. The molecule has 2 amide bonds. The van der Waals surface area contributed by atoms with Gasteiger partial charge in [0.05, 0.1) is 0 Å². The highest BCUT2D eigenvalue weighted by Gasteiger charge is 2.11. The van der Waals surface area contributed by atoms with Crippen LogP contribution in [0.3, 0.4) is 0 Å². The number of amides is 2. The van der Waals surface area contributed by atoms with Crippen LogP contribution in [-0.4, -0.2) is 11.8 Å². The Bertz CT molecular complexity index is 782. The summed E-state index contributed by atoms with van der Waals surface area (Å²) in [6, 6.07) is 13.2. The number of rotatable bonds is 5. The molecule has 0 bridgehead atoms. The molecule has 0 saturated carbocycles. The number of hydrogen-bond acceptors (Lipinski definition) is 3. The van der Waals surface area contributed by atoms with Crippen molar-refractivity contribution in [1.82, 2.24) is 10.6 Å². The summed E-state index contributed by atoms with van der Waals surface area (Å²) >= 11 is 0. The third-order valence-corrected chi connectivity index (χ3v) is 4.29. The predicted octanol–water partition coefficient (Wildman–Crippen LogP) is 2.81. The van der Waals surface area contributed by atoms with Crippen LogP contribution in [0.15, 0.2) is 42.5 Å². The van der Waals surface area contributed by atoms with Crippen molar-refractivity contribution in [3.63, 3.8) is 0 Å². The molecule has 0 spiro atoms. The van der Waals surface area contributed by atoms with Crippen LogP contribution in [0.5, 0.6) is 0 Å². The van der Waals surface area contributed by atoms with Crippen molar-refractivity contribution < 1.29 is 9.59 Å². The van der Waals surface area contributed by atoms with Crippen LogP contribution in [0.4, 0.5) is 5.69 Å². The Morgan fingerprint density at radius 1 is 1.04 bits per heavy atom. The molecule has 0 fully saturated rings. The molecule has 130 valence electrons. The van der Waals surface area contributed by atoms with Crippen molar-refractivity contribution in [3.8, 4) is 0 Å². The topological polar surface area (TPSA) is 70.2 Å². The third-order valence-electron chi connectivity index (χ3n) is 4.29. The molecular formula is C20H23N3O2. The number of benzene rings is 2. The summed E-state index contributed by atoms with van der Waals surface area (Å²) in [4.78, 5) is 24.0. The molecule has 0 aromatic heterocycles. The van der Waals surface area contributed by atoms with E-state index in [2.05, 4.69) is 34.1 Å². The highest BCUT2D eigenvalue weighted by molar-refractivity contribution is 5.96. The Morgan fingerprint density at radius 3 is 2.48 bits per heavy atom. The number of nitrogens with one attached hydrogen (secondary N) is 3. The number of carbonyl (C=O) groups excluding carboxylic acids is 2. The Balaban J connectivity index is 1.57. The second kappa shape index (κ2) is 7.49. The molecule has 1 aliphatic rings. The fraction of sp³-hybridized carbons (Fsp3) is 0.300. The molecule has 3 N–H and O–H groups in total. The van der Waals surface area contributed by atoms with Crippen LogP contribution < -0.4 is 16.0 Å². The van der Waals surface area contributed by atoms with E-state index in [-0.39, 0.29) is 17.7 Å². The normalized spacial score (nSPS) is 12.8. The van der Waals surface area contributed by atoms with E-state index in [1.54, 1.807) is 24.3 Å². The summed E-state index contributed by atoms with van der Waals surface area (Å²) in [6.45, 7) is 5.98. The zero-order chi connectivity index (χ0) is 17.8. The largest absolute Gasteiger partial charge is 0.348 e. The molecule has 0 aliphatic carbocycles. The van der Waals surface area contributed by atoms with E-state index in [4.69, 9.17) is 0 Å². The summed E-state index contributed by atoms with van der Waals surface area (Å²) in [5.74, 6) is -0.242. The van der Waals surface area contributed by atoms with Gasteiger partial charge in [-0.2, -0.15) is 0 Å². The minimum Gasteiger partial charge on any atom is -0.348 e. The van der Waals surface area contributed by atoms with Crippen LogP contribution in [0, 0.1) is 5.92 Å². The fourth-order valence-electron chi connectivity index (χ4n) is 2.73. The lowest BCUT2D eigenvalue weighted by Gasteiger charge is -2.09. The first-order valence-electron chi connectivity index (χ1n) is 8.53. The Morgan fingerprint density at radius 2 is 1.76 bits per heavy atom. The van der Waals surface area contributed by atoms with Gasteiger partial charge < -0.3 is 16.0 Å². The van der Waals surface area contributed by atoms with Gasteiger partial charge in [-0.25, -0.2) is 0 Å². The molecule has 3 rings (SSSR count). The van der Waals surface area contributed by atoms with Crippen LogP contribution in [-0.2, 0) is 24.4 Å². The standard InChI is InChI=1S/C20H23N3O2/c1-13(2)19(24)23-18-7-5-15(6-8-18)20(25)22-10-14-3-4-16-11-21-12-17(16)9-14/h3-9,13,21H,10-12H2,1-2H3,(H,22,25)(H,23,24). The summed E-state index contributed by atoms with van der Waals surface area (Å²) in [5, 5.41) is 9.06. The van der Waals surface area contributed by atoms with Gasteiger partial charge in [-0.3, -0.25) is 9.59 Å². The summed E-state index contributed by atoms with van der Waals surface area (Å²) in [7, 11) is 0. The van der Waals surface area contributed by atoms with Crippen molar-refractivity contribution in [1.29, 1.82) is 0 Å². The molecule has 5 heteroatoms. The van der Waals surface area contributed by atoms with Crippen molar-refractivity contribution >= 4 is 17.5 Å². The van der Waals surface area contributed by atoms with Gasteiger partial charge in [-0.15, -0.1) is 0 Å². The molecular weight excluding hydrogens is 314 g/mol. The van der Waals surface area contributed by atoms with Gasteiger partial charge in [0, 0.05) is 36.8 Å². The minimum atomic E-state index is -0.125. The van der Waals surface area contributed by atoms with Gasteiger partial charge in [-0.05, 0) is 41.0 Å². The highest BCUT2D eigenvalue weighted by Crippen LogP contribution is 2.17. The maximum absolute atomic E-state index is 12.3. The van der Waals surface area contributed by atoms with Gasteiger partial charge in [0.2, 0.25) is 5.91 Å². The molecule has 0 saturated heterocycles. The quantitative estimate of drug-likeness (QED) is 0.786. The minimum absolute atomic E-state index is 0.0386. The zero-order valence-electron chi connectivity index (χ0n) is 14.6. The van der Waals surface area contributed by atoms with E-state index >= 15 is 0 Å². The predicted molar refractivity (Wildman–Crippen MR) is 98.1 cm³/mol. The molecule has 0 radical (unpaired) electrons. The highest BCUT2D eigenvalue weighted by atomic mass is 16.2. The second-order valence-corrected chi connectivity index (χ2v) is 6.61. The molecule has 0 atom stereocenters. The smallest absolute Gasteiger partial charge is 0.251 e. The molecule has 2 aromatic carbocycles.